The van der Waals surface area contributed by atoms with E-state index in [4.69, 9.17) is 14.6 Å². The molecule has 226 valence electrons. The lowest BCUT2D eigenvalue weighted by atomic mass is 10.0. The molecule has 1 fully saturated rings. The Morgan fingerprint density at radius 2 is 1.90 bits per heavy atom. The van der Waals surface area contributed by atoms with E-state index in [1.807, 2.05) is 13.8 Å². The third-order valence-electron chi connectivity index (χ3n) is 6.18. The average Bonchev–Trinajstić information content (AvgIpc) is 3.63. The summed E-state index contributed by atoms with van der Waals surface area (Å²) in [5.41, 5.74) is 2.04. The number of alkyl carbamates (subject to hydrolysis) is 1. The van der Waals surface area contributed by atoms with Gasteiger partial charge in [0.1, 0.15) is 17.5 Å². The molecule has 16 heteroatoms. The van der Waals surface area contributed by atoms with E-state index in [9.17, 15) is 32.7 Å². The minimum atomic E-state index is -5.08. The number of phenolic OH excluding ortho intramolecular Hbond substituents is 1. The number of benzene rings is 1. The van der Waals surface area contributed by atoms with Gasteiger partial charge in [-0.3, -0.25) is 19.4 Å². The van der Waals surface area contributed by atoms with Gasteiger partial charge in [-0.05, 0) is 45.2 Å². The van der Waals surface area contributed by atoms with Crippen molar-refractivity contribution in [3.63, 3.8) is 0 Å². The summed E-state index contributed by atoms with van der Waals surface area (Å²) >= 11 is 0. The zero-order valence-electron chi connectivity index (χ0n) is 22.7. The first-order chi connectivity index (χ1) is 19.7. The molecule has 4 rings (SSSR count). The van der Waals surface area contributed by atoms with Crippen LogP contribution in [0.1, 0.15) is 65.6 Å². The number of carboxylic acids is 1. The summed E-state index contributed by atoms with van der Waals surface area (Å²) in [4.78, 5) is 45.0. The number of nitrogens with one attached hydrogen (secondary N) is 3. The Morgan fingerprint density at radius 1 is 1.21 bits per heavy atom. The molecule has 13 nitrogen and oxygen atoms in total. The average molecular weight is 595 g/mol. The topological polar surface area (TPSA) is 189 Å². The maximum Gasteiger partial charge on any atom is 0.490 e. The van der Waals surface area contributed by atoms with Gasteiger partial charge in [0.25, 0.3) is 5.91 Å². The molecule has 0 radical (unpaired) electrons. The largest absolute Gasteiger partial charge is 0.507 e. The molecule has 0 saturated heterocycles. The maximum absolute atomic E-state index is 12.9. The van der Waals surface area contributed by atoms with Gasteiger partial charge in [-0.2, -0.15) is 23.4 Å². The van der Waals surface area contributed by atoms with Crippen LogP contribution in [-0.4, -0.2) is 72.8 Å². The Hall–Kier alpha value is -4.89. The van der Waals surface area contributed by atoms with Crippen LogP contribution < -0.4 is 10.6 Å². The fourth-order valence-electron chi connectivity index (χ4n) is 4.25. The lowest BCUT2D eigenvalue weighted by Gasteiger charge is -2.14. The second-order valence-electron chi connectivity index (χ2n) is 9.70. The highest BCUT2D eigenvalue weighted by Gasteiger charge is 2.38. The molecule has 5 N–H and O–H groups in total. The van der Waals surface area contributed by atoms with Crippen molar-refractivity contribution in [2.24, 2.45) is 7.05 Å². The fraction of sp³-hybridized carbons (Fsp3) is 0.385. The molecule has 1 saturated carbocycles. The molecule has 0 spiro atoms. The number of carboxylic acid groups (broad SMARTS) is 1. The molecule has 2 aromatic heterocycles. The second kappa shape index (κ2) is 13.2. The number of hydrogen-bond acceptors (Lipinski definition) is 8. The highest BCUT2D eigenvalue weighted by molar-refractivity contribution is 6.03. The van der Waals surface area contributed by atoms with Crippen LogP contribution in [-0.2, 0) is 16.6 Å². The molecule has 0 aliphatic heterocycles. The molecule has 0 bridgehead atoms. The number of nitrogens with zero attached hydrogens (tertiary/aromatic N) is 3. The smallest absolute Gasteiger partial charge is 0.490 e. The number of H-pyrrole nitrogens is 1. The maximum atomic E-state index is 12.9. The Bertz CT molecular complexity index is 1450. The second-order valence-corrected chi connectivity index (χ2v) is 9.70. The van der Waals surface area contributed by atoms with Crippen molar-refractivity contribution < 1.29 is 47.3 Å². The number of halogens is 3. The van der Waals surface area contributed by atoms with Crippen molar-refractivity contribution in [1.29, 1.82) is 0 Å². The number of hydrogen-bond donors (Lipinski definition) is 5. The van der Waals surface area contributed by atoms with E-state index in [0.29, 0.717) is 29.8 Å². The minimum Gasteiger partial charge on any atom is -0.507 e. The number of carbonyl (C=O) groups is 4. The number of phenols is 1. The van der Waals surface area contributed by atoms with E-state index >= 15 is 0 Å². The number of aliphatic carboxylic acids is 1. The first-order valence-corrected chi connectivity index (χ1v) is 12.6. The zero-order valence-corrected chi connectivity index (χ0v) is 22.7. The zero-order chi connectivity index (χ0) is 31.2. The molecular weight excluding hydrogens is 565 g/mol. The summed E-state index contributed by atoms with van der Waals surface area (Å²) < 4.78 is 38.6. The molecular formula is C26H29F3N6O7. The number of aromatic nitrogens is 4. The standard InChI is InChI=1S/C24H28N6O5.C2HF3O2/c1-13(2)25-24(34)35-15-8-7-14(9-15)18-11-22(28-27-18)26-23(33)20-10-19(29-30(20)3)16-5-4-6-21(32)17(16)12-31;3-2(4,5)1(6)7/h4-6,10-15,32H,7-9H2,1-3H3,(H,25,34)(H2,26,27,28,33);(H,6,7)/t14-,15+;/m0./s1. The van der Waals surface area contributed by atoms with Gasteiger partial charge in [0.15, 0.2) is 12.1 Å². The Labute approximate surface area is 237 Å². The summed E-state index contributed by atoms with van der Waals surface area (Å²) in [7, 11) is 1.62. The van der Waals surface area contributed by atoms with Gasteiger partial charge in [-0.15, -0.1) is 0 Å². The number of aryl methyl sites for hydroxylation is 1. The van der Waals surface area contributed by atoms with Crippen LogP contribution in [0.3, 0.4) is 0 Å². The lowest BCUT2D eigenvalue weighted by molar-refractivity contribution is -0.192. The van der Waals surface area contributed by atoms with Crippen molar-refractivity contribution >= 4 is 30.1 Å². The Morgan fingerprint density at radius 3 is 2.52 bits per heavy atom. The molecule has 1 aliphatic carbocycles. The van der Waals surface area contributed by atoms with Crippen molar-refractivity contribution in [3.05, 3.63) is 47.3 Å². The van der Waals surface area contributed by atoms with E-state index in [1.165, 1.54) is 10.7 Å². The number of rotatable bonds is 7. The number of aldehydes is 1. The van der Waals surface area contributed by atoms with Crippen molar-refractivity contribution in [1.82, 2.24) is 25.3 Å². The number of aromatic hydroxyl groups is 1. The Kier molecular flexibility index (Phi) is 9.93. The molecule has 42 heavy (non-hydrogen) atoms. The van der Waals surface area contributed by atoms with Crippen LogP contribution >= 0.6 is 0 Å². The fourth-order valence-corrected chi connectivity index (χ4v) is 4.25. The summed E-state index contributed by atoms with van der Waals surface area (Å²) in [6.07, 6.45) is -2.84. The van der Waals surface area contributed by atoms with E-state index < -0.39 is 24.1 Å². The van der Waals surface area contributed by atoms with Crippen LogP contribution in [0.5, 0.6) is 5.75 Å². The van der Waals surface area contributed by atoms with Gasteiger partial charge in [-0.1, -0.05) is 12.1 Å². The normalized spacial score (nSPS) is 16.4. The molecule has 0 unspecified atom stereocenters. The van der Waals surface area contributed by atoms with Gasteiger partial charge in [0.05, 0.1) is 11.3 Å². The summed E-state index contributed by atoms with van der Waals surface area (Å²) in [5.74, 6) is -2.83. The Balaban J connectivity index is 0.000000616. The molecule has 3 aromatic rings. The van der Waals surface area contributed by atoms with Gasteiger partial charge in [-0.25, -0.2) is 9.59 Å². The van der Waals surface area contributed by atoms with Gasteiger partial charge in [0, 0.05) is 36.3 Å². The molecule has 1 aromatic carbocycles. The number of carbonyl (C=O) groups excluding carboxylic acids is 3. The summed E-state index contributed by atoms with van der Waals surface area (Å²) in [6, 6.07) is 8.01. The van der Waals surface area contributed by atoms with Gasteiger partial charge >= 0.3 is 18.2 Å². The number of aromatic amines is 1. The van der Waals surface area contributed by atoms with Gasteiger partial charge < -0.3 is 25.6 Å². The molecule has 2 amide bonds. The first kappa shape index (κ1) is 31.6. The van der Waals surface area contributed by atoms with Crippen LogP contribution in [0.15, 0.2) is 30.3 Å². The first-order valence-electron chi connectivity index (χ1n) is 12.6. The summed E-state index contributed by atoms with van der Waals surface area (Å²) in [6.45, 7) is 3.75. The van der Waals surface area contributed by atoms with E-state index in [1.54, 1.807) is 31.3 Å². The van der Waals surface area contributed by atoms with E-state index in [-0.39, 0.29) is 35.1 Å². The highest BCUT2D eigenvalue weighted by atomic mass is 19.4. The van der Waals surface area contributed by atoms with Gasteiger partial charge in [0.2, 0.25) is 0 Å². The van der Waals surface area contributed by atoms with Crippen LogP contribution in [0, 0.1) is 0 Å². The van der Waals surface area contributed by atoms with Crippen molar-refractivity contribution in [2.75, 3.05) is 5.32 Å². The number of alkyl halides is 3. The predicted octanol–water partition coefficient (Wildman–Crippen LogP) is 3.98. The van der Waals surface area contributed by atoms with Crippen LogP contribution in [0.25, 0.3) is 11.3 Å². The molecule has 1 aliphatic rings. The van der Waals surface area contributed by atoms with Crippen LogP contribution in [0.4, 0.5) is 23.8 Å². The predicted molar refractivity (Wildman–Crippen MR) is 141 cm³/mol. The monoisotopic (exact) mass is 594 g/mol. The quantitative estimate of drug-likeness (QED) is 0.252. The number of amides is 2. The van der Waals surface area contributed by atoms with Crippen molar-refractivity contribution in [3.8, 4) is 17.0 Å². The summed E-state index contributed by atoms with van der Waals surface area (Å²) in [5, 5.41) is 34.0. The number of ether oxygens (including phenoxy) is 1. The number of anilines is 1. The molecule has 2 heterocycles. The minimum absolute atomic E-state index is 0.0147. The van der Waals surface area contributed by atoms with Crippen molar-refractivity contribution in [2.45, 2.75) is 57.3 Å². The third kappa shape index (κ3) is 8.08. The van der Waals surface area contributed by atoms with E-state index in [2.05, 4.69) is 25.9 Å². The molecule has 2 atom stereocenters. The lowest BCUT2D eigenvalue weighted by Crippen LogP contribution is -2.33. The van der Waals surface area contributed by atoms with Crippen LogP contribution in [0.2, 0.25) is 0 Å². The third-order valence-corrected chi connectivity index (χ3v) is 6.18. The van der Waals surface area contributed by atoms with E-state index in [0.717, 1.165) is 18.5 Å². The SMILES string of the molecule is CC(C)NC(=O)O[C@@H]1CC[C@H](c2cc(NC(=O)c3cc(-c4cccc(O)c4C=O)nn3C)n[nH]2)C1.O=C(O)C(F)(F)F. The highest BCUT2D eigenvalue weighted by Crippen LogP contribution is 2.36.